The van der Waals surface area contributed by atoms with Crippen LogP contribution in [0.4, 0.5) is 11.4 Å². The minimum absolute atomic E-state index is 0.0329. The summed E-state index contributed by atoms with van der Waals surface area (Å²) in [5.41, 5.74) is 5.26. The van der Waals surface area contributed by atoms with Crippen molar-refractivity contribution in [3.63, 3.8) is 0 Å². The fourth-order valence-corrected chi connectivity index (χ4v) is 5.36. The Morgan fingerprint density at radius 2 is 1.69 bits per heavy atom. The molecule has 13 nitrogen and oxygen atoms in total. The molecule has 0 unspecified atom stereocenters. The SMILES string of the molecule is CCOC(=O)C1=C(N)n2c(s/c(=C/c3cccc([N+](=O)[O-])c3)c2=O)=C(C(=O)OC)[C@H]1c1cccc([N+](=O)[O-])c1. The molecule has 4 rings (SSSR count). The molecule has 0 spiro atoms. The van der Waals surface area contributed by atoms with Gasteiger partial charge in [0.1, 0.15) is 10.5 Å². The molecule has 0 saturated carbocycles. The third kappa shape index (κ3) is 4.92. The molecule has 0 radical (unpaired) electrons. The van der Waals surface area contributed by atoms with Crippen LogP contribution in [0.25, 0.3) is 17.5 Å². The van der Waals surface area contributed by atoms with Crippen LogP contribution in [-0.2, 0) is 19.1 Å². The topological polar surface area (TPSA) is 187 Å². The molecule has 2 N–H and O–H groups in total. The third-order valence-electron chi connectivity index (χ3n) is 5.84. The lowest BCUT2D eigenvalue weighted by Crippen LogP contribution is -2.41. The van der Waals surface area contributed by atoms with E-state index >= 15 is 0 Å². The van der Waals surface area contributed by atoms with E-state index in [1.807, 2.05) is 0 Å². The summed E-state index contributed by atoms with van der Waals surface area (Å²) in [6.45, 7) is 1.50. The van der Waals surface area contributed by atoms with Crippen LogP contribution >= 0.6 is 11.3 Å². The molecule has 1 aromatic heterocycles. The molecule has 1 atom stereocenters. The molecule has 0 saturated heterocycles. The Morgan fingerprint density at radius 3 is 2.31 bits per heavy atom. The Balaban J connectivity index is 2.11. The Morgan fingerprint density at radius 1 is 1.05 bits per heavy atom. The molecule has 14 heteroatoms. The molecule has 3 aromatic rings. The van der Waals surface area contributed by atoms with E-state index in [1.54, 1.807) is 13.0 Å². The summed E-state index contributed by atoms with van der Waals surface area (Å²) < 4.78 is 11.2. The molecule has 0 aliphatic carbocycles. The zero-order valence-electron chi connectivity index (χ0n) is 20.5. The van der Waals surface area contributed by atoms with E-state index in [4.69, 9.17) is 15.2 Å². The number of nitrogens with zero attached hydrogens (tertiary/aromatic N) is 3. The molecule has 1 aliphatic rings. The smallest absolute Gasteiger partial charge is 0.338 e. The fourth-order valence-electron chi connectivity index (χ4n) is 4.19. The van der Waals surface area contributed by atoms with Crippen molar-refractivity contribution in [2.45, 2.75) is 12.8 Å². The predicted molar refractivity (Wildman–Crippen MR) is 140 cm³/mol. The van der Waals surface area contributed by atoms with E-state index in [0.29, 0.717) is 5.56 Å². The van der Waals surface area contributed by atoms with Gasteiger partial charge >= 0.3 is 11.9 Å². The summed E-state index contributed by atoms with van der Waals surface area (Å²) in [6, 6.07) is 10.9. The minimum atomic E-state index is -1.26. The normalized spacial score (nSPS) is 15.1. The van der Waals surface area contributed by atoms with Gasteiger partial charge in [0.15, 0.2) is 0 Å². The number of aromatic nitrogens is 1. The maximum absolute atomic E-state index is 13.5. The largest absolute Gasteiger partial charge is 0.466 e. The van der Waals surface area contributed by atoms with Crippen LogP contribution < -0.4 is 20.5 Å². The number of nitro benzene ring substituents is 2. The third-order valence-corrected chi connectivity index (χ3v) is 6.95. The number of ether oxygens (including phenoxy) is 2. The van der Waals surface area contributed by atoms with Gasteiger partial charge in [0.05, 0.1) is 45.2 Å². The van der Waals surface area contributed by atoms with Crippen LogP contribution in [0.5, 0.6) is 0 Å². The maximum Gasteiger partial charge on any atom is 0.338 e. The highest BCUT2D eigenvalue weighted by Crippen LogP contribution is 2.38. The van der Waals surface area contributed by atoms with Crippen molar-refractivity contribution >= 4 is 52.1 Å². The summed E-state index contributed by atoms with van der Waals surface area (Å²) in [6.07, 6.45) is 1.39. The summed E-state index contributed by atoms with van der Waals surface area (Å²) >= 11 is 0.850. The lowest BCUT2D eigenvalue weighted by Gasteiger charge is -2.26. The van der Waals surface area contributed by atoms with Crippen LogP contribution in [0.15, 0.2) is 58.9 Å². The van der Waals surface area contributed by atoms with Gasteiger partial charge in [-0.3, -0.25) is 29.6 Å². The van der Waals surface area contributed by atoms with E-state index in [1.165, 1.54) is 48.5 Å². The first-order chi connectivity index (χ1) is 18.6. The van der Waals surface area contributed by atoms with Crippen molar-refractivity contribution in [1.29, 1.82) is 0 Å². The predicted octanol–water partition coefficient (Wildman–Crippen LogP) is 1.37. The summed E-state index contributed by atoms with van der Waals surface area (Å²) in [5.74, 6) is -3.42. The number of fused-ring (bicyclic) bond motifs is 1. The number of carbonyl (C=O) groups excluding carboxylic acids is 2. The molecular weight excluding hydrogens is 532 g/mol. The standard InChI is InChI=1S/C25H20N4O9S/c1-3-38-25(32)19-18(14-7-5-9-16(12-14)29(35)36)20(24(31)37-2)23-27(21(19)26)22(30)17(39-23)11-13-6-4-8-15(10-13)28(33)34/h4-12,18H,3,26H2,1-2H3/b17-11+/t18-/m0/s1. The van der Waals surface area contributed by atoms with Gasteiger partial charge in [-0.15, -0.1) is 11.3 Å². The number of methoxy groups -OCH3 is 1. The molecule has 2 aromatic carbocycles. The lowest BCUT2D eigenvalue weighted by atomic mass is 9.83. The highest BCUT2D eigenvalue weighted by molar-refractivity contribution is 7.07. The molecule has 0 bridgehead atoms. The van der Waals surface area contributed by atoms with Crippen LogP contribution in [0.3, 0.4) is 0 Å². The summed E-state index contributed by atoms with van der Waals surface area (Å²) in [5, 5.41) is 22.6. The first-order valence-electron chi connectivity index (χ1n) is 11.3. The van der Waals surface area contributed by atoms with E-state index in [0.717, 1.165) is 23.0 Å². The van der Waals surface area contributed by atoms with Crippen molar-refractivity contribution in [2.75, 3.05) is 13.7 Å². The van der Waals surface area contributed by atoms with E-state index in [2.05, 4.69) is 0 Å². The Bertz CT molecular complexity index is 1750. The molecular formula is C25H20N4O9S. The fraction of sp³-hybridized carbons (Fsp3) is 0.160. The Hall–Kier alpha value is -5.11. The van der Waals surface area contributed by atoms with Crippen molar-refractivity contribution in [3.8, 4) is 0 Å². The number of esters is 2. The van der Waals surface area contributed by atoms with E-state index < -0.39 is 33.3 Å². The Kier molecular flexibility index (Phi) is 7.40. The van der Waals surface area contributed by atoms with Gasteiger partial charge in [0.25, 0.3) is 16.9 Å². The average molecular weight is 553 g/mol. The van der Waals surface area contributed by atoms with Gasteiger partial charge < -0.3 is 15.2 Å². The Labute approximate surface area is 223 Å². The average Bonchev–Trinajstić information content (AvgIpc) is 3.23. The number of non-ortho nitro benzene ring substituents is 2. The van der Waals surface area contributed by atoms with Crippen LogP contribution in [-0.4, -0.2) is 40.1 Å². The number of thiazole rings is 1. The second-order valence-corrected chi connectivity index (χ2v) is 9.15. The number of nitro groups is 2. The molecule has 0 fully saturated rings. The number of benzene rings is 2. The quantitative estimate of drug-likeness (QED) is 0.255. The highest BCUT2D eigenvalue weighted by Gasteiger charge is 2.40. The van der Waals surface area contributed by atoms with Crippen LogP contribution in [0, 0.1) is 20.2 Å². The van der Waals surface area contributed by atoms with Crippen LogP contribution in [0.2, 0.25) is 0 Å². The van der Waals surface area contributed by atoms with Gasteiger partial charge in [-0.05, 0) is 24.1 Å². The van der Waals surface area contributed by atoms with Gasteiger partial charge in [0.2, 0.25) is 0 Å². The first kappa shape index (κ1) is 26.9. The maximum atomic E-state index is 13.5. The van der Waals surface area contributed by atoms with Gasteiger partial charge in [0, 0.05) is 24.3 Å². The lowest BCUT2D eigenvalue weighted by molar-refractivity contribution is -0.385. The number of carbonyl (C=O) groups is 2. The van der Waals surface area contributed by atoms with E-state index in [-0.39, 0.29) is 49.7 Å². The molecule has 200 valence electrons. The highest BCUT2D eigenvalue weighted by atomic mass is 32.1. The molecule has 2 heterocycles. The van der Waals surface area contributed by atoms with Crippen molar-refractivity contribution in [1.82, 2.24) is 4.57 Å². The summed E-state index contributed by atoms with van der Waals surface area (Å²) in [7, 11) is 1.11. The number of rotatable bonds is 7. The zero-order valence-corrected chi connectivity index (χ0v) is 21.3. The molecule has 1 aliphatic heterocycles. The van der Waals surface area contributed by atoms with Crippen molar-refractivity contribution in [3.05, 3.63) is 105 Å². The van der Waals surface area contributed by atoms with Crippen molar-refractivity contribution < 1.29 is 28.9 Å². The minimum Gasteiger partial charge on any atom is -0.466 e. The second kappa shape index (κ2) is 10.7. The van der Waals surface area contributed by atoms with Gasteiger partial charge in [-0.25, -0.2) is 9.59 Å². The zero-order chi connectivity index (χ0) is 28.4. The molecule has 0 amide bonds. The number of hydrogen-bond acceptors (Lipinski definition) is 11. The second-order valence-electron chi connectivity index (χ2n) is 8.12. The van der Waals surface area contributed by atoms with Gasteiger partial charge in [-0.2, -0.15) is 0 Å². The van der Waals surface area contributed by atoms with E-state index in [9.17, 15) is 34.6 Å². The van der Waals surface area contributed by atoms with Crippen molar-refractivity contribution in [2.24, 2.45) is 5.73 Å². The number of nitrogens with two attached hydrogens (primary N) is 1. The van der Waals surface area contributed by atoms with Gasteiger partial charge in [-0.1, -0.05) is 24.3 Å². The number of hydrogen-bond donors (Lipinski definition) is 1. The summed E-state index contributed by atoms with van der Waals surface area (Å²) in [4.78, 5) is 61.2. The molecule has 39 heavy (non-hydrogen) atoms. The monoisotopic (exact) mass is 552 g/mol. The van der Waals surface area contributed by atoms with Crippen LogP contribution in [0.1, 0.15) is 24.0 Å². The first-order valence-corrected chi connectivity index (χ1v) is 12.1.